The van der Waals surface area contributed by atoms with Gasteiger partial charge < -0.3 is 0 Å². The Morgan fingerprint density at radius 2 is 1.38 bits per heavy atom. The highest BCUT2D eigenvalue weighted by Crippen LogP contribution is 2.18. The molecule has 8 heteroatoms. The molecule has 21 heavy (non-hydrogen) atoms. The van der Waals surface area contributed by atoms with Crippen molar-refractivity contribution in [2.24, 2.45) is 0 Å². The number of rotatable bonds is 4. The summed E-state index contributed by atoms with van der Waals surface area (Å²) < 4.78 is 50.2. The molecule has 0 unspecified atom stereocenters. The maximum Gasteiger partial charge on any atom is 0.253 e. The molecule has 5 nitrogen and oxygen atoms in total. The van der Waals surface area contributed by atoms with Crippen LogP contribution in [0.3, 0.4) is 0 Å². The van der Waals surface area contributed by atoms with Crippen molar-refractivity contribution in [3.63, 3.8) is 0 Å². The summed E-state index contributed by atoms with van der Waals surface area (Å²) in [7, 11) is -8.41. The van der Waals surface area contributed by atoms with Gasteiger partial charge >= 0.3 is 0 Å². The number of hydrogen-bond donors (Lipinski definition) is 1. The zero-order valence-electron chi connectivity index (χ0n) is 10.9. The lowest BCUT2D eigenvalue weighted by Gasteiger charge is -2.08. The highest BCUT2D eigenvalue weighted by molar-refractivity contribution is 8.04. The van der Waals surface area contributed by atoms with Crippen LogP contribution in [0.5, 0.6) is 0 Å². The normalized spacial score (nSPS) is 12.3. The van der Waals surface area contributed by atoms with Crippen LogP contribution in [0.2, 0.25) is 5.02 Å². The van der Waals surface area contributed by atoms with Gasteiger partial charge in [-0.05, 0) is 42.8 Å². The Bertz CT molecular complexity index is 803. The molecule has 0 atom stereocenters. The second-order valence-corrected chi connectivity index (χ2v) is 8.42. The van der Waals surface area contributed by atoms with Gasteiger partial charge in [0.2, 0.25) is 0 Å². The number of hydrogen-bond acceptors (Lipinski definition) is 4. The van der Waals surface area contributed by atoms with Crippen molar-refractivity contribution in [2.45, 2.75) is 16.7 Å². The van der Waals surface area contributed by atoms with Gasteiger partial charge in [0.15, 0.2) is 0 Å². The van der Waals surface area contributed by atoms with Gasteiger partial charge in [0.05, 0.1) is 9.79 Å². The largest absolute Gasteiger partial charge is 0.253 e. The molecule has 0 aromatic heterocycles. The molecule has 0 radical (unpaired) electrons. The molecule has 0 amide bonds. The van der Waals surface area contributed by atoms with E-state index in [1.807, 2.05) is 0 Å². The van der Waals surface area contributed by atoms with Crippen LogP contribution in [0.1, 0.15) is 5.56 Å². The highest BCUT2D eigenvalue weighted by Gasteiger charge is 2.24. The maximum atomic E-state index is 12.1. The second-order valence-electron chi connectivity index (χ2n) is 4.36. The van der Waals surface area contributed by atoms with Crippen molar-refractivity contribution < 1.29 is 16.8 Å². The SMILES string of the molecule is Cc1cccc(S(=O)(=O)NS(=O)(=O)c2cccc(Cl)c2)c1. The Balaban J connectivity index is 2.40. The van der Waals surface area contributed by atoms with E-state index in [0.29, 0.717) is 5.56 Å². The molecule has 0 fully saturated rings. The average molecular weight is 346 g/mol. The van der Waals surface area contributed by atoms with E-state index in [9.17, 15) is 16.8 Å². The van der Waals surface area contributed by atoms with Gasteiger partial charge in [-0.15, -0.1) is 4.13 Å². The summed E-state index contributed by atoms with van der Waals surface area (Å²) in [5.74, 6) is 0. The topological polar surface area (TPSA) is 80.3 Å². The van der Waals surface area contributed by atoms with Gasteiger partial charge in [-0.3, -0.25) is 0 Å². The summed E-state index contributed by atoms with van der Waals surface area (Å²) in [5.41, 5.74) is 0.707. The van der Waals surface area contributed by atoms with Crippen LogP contribution in [0, 0.1) is 6.92 Å². The van der Waals surface area contributed by atoms with E-state index in [-0.39, 0.29) is 14.8 Å². The summed E-state index contributed by atoms with van der Waals surface area (Å²) >= 11 is 5.72. The van der Waals surface area contributed by atoms with Crippen molar-refractivity contribution in [3.05, 3.63) is 59.1 Å². The van der Waals surface area contributed by atoms with E-state index in [0.717, 1.165) is 0 Å². The smallest absolute Gasteiger partial charge is 0.206 e. The Kier molecular flexibility index (Phi) is 4.38. The van der Waals surface area contributed by atoms with Crippen molar-refractivity contribution >= 4 is 31.6 Å². The maximum absolute atomic E-state index is 12.1. The van der Waals surface area contributed by atoms with Gasteiger partial charge in [-0.2, -0.15) is 0 Å². The first kappa shape index (κ1) is 16.0. The number of halogens is 1. The van der Waals surface area contributed by atoms with Crippen LogP contribution < -0.4 is 4.13 Å². The monoisotopic (exact) mass is 345 g/mol. The molecule has 0 aliphatic heterocycles. The van der Waals surface area contributed by atoms with Crippen LogP contribution in [-0.2, 0) is 20.0 Å². The van der Waals surface area contributed by atoms with Gasteiger partial charge in [0, 0.05) is 5.02 Å². The Morgan fingerprint density at radius 3 is 1.90 bits per heavy atom. The fourth-order valence-corrected chi connectivity index (χ4v) is 4.98. The summed E-state index contributed by atoms with van der Waals surface area (Å²) in [6.45, 7) is 1.71. The Morgan fingerprint density at radius 1 is 0.857 bits per heavy atom. The van der Waals surface area contributed by atoms with Crippen LogP contribution in [0.4, 0.5) is 0 Å². The minimum absolute atomic E-state index is 0.117. The lowest BCUT2D eigenvalue weighted by Crippen LogP contribution is -2.30. The molecule has 1 N–H and O–H groups in total. The molecule has 112 valence electrons. The van der Waals surface area contributed by atoms with Crippen LogP contribution in [0.25, 0.3) is 0 Å². The summed E-state index contributed by atoms with van der Waals surface area (Å²) in [6, 6.07) is 11.3. The predicted molar refractivity (Wildman–Crippen MR) is 80.1 cm³/mol. The van der Waals surface area contributed by atoms with Crippen molar-refractivity contribution in [1.29, 1.82) is 0 Å². The second kappa shape index (κ2) is 5.76. The van der Waals surface area contributed by atoms with Crippen LogP contribution in [0.15, 0.2) is 58.3 Å². The van der Waals surface area contributed by atoms with Gasteiger partial charge in [-0.25, -0.2) is 16.8 Å². The lowest BCUT2D eigenvalue weighted by atomic mass is 10.2. The number of nitrogens with one attached hydrogen (secondary N) is 1. The van der Waals surface area contributed by atoms with Crippen molar-refractivity contribution in [2.75, 3.05) is 0 Å². The molecule has 0 aliphatic carbocycles. The summed E-state index contributed by atoms with van der Waals surface area (Å²) in [5, 5.41) is 0.200. The molecule has 0 aliphatic rings. The molecular weight excluding hydrogens is 334 g/mol. The standard InChI is InChI=1S/C13H12ClNO4S2/c1-10-4-2-6-12(8-10)20(16,17)15-21(18,19)13-7-3-5-11(14)9-13/h2-9,15H,1H3. The molecule has 0 bridgehead atoms. The van der Waals surface area contributed by atoms with Crippen molar-refractivity contribution in [3.8, 4) is 0 Å². The Hall–Kier alpha value is -1.41. The van der Waals surface area contributed by atoms with Gasteiger partial charge in [0.1, 0.15) is 0 Å². The van der Waals surface area contributed by atoms with E-state index in [1.165, 1.54) is 42.5 Å². The van der Waals surface area contributed by atoms with Crippen LogP contribution in [-0.4, -0.2) is 16.8 Å². The fourth-order valence-electron chi connectivity index (χ4n) is 1.66. The molecule has 0 heterocycles. The Labute approximate surface area is 128 Å². The number of benzene rings is 2. The zero-order valence-corrected chi connectivity index (χ0v) is 13.3. The quantitative estimate of drug-likeness (QED) is 0.922. The minimum Gasteiger partial charge on any atom is -0.206 e. The van der Waals surface area contributed by atoms with E-state index in [1.54, 1.807) is 17.1 Å². The minimum atomic E-state index is -4.22. The number of sulfonamides is 2. The third kappa shape index (κ3) is 3.82. The molecule has 0 saturated heterocycles. The van der Waals surface area contributed by atoms with Gasteiger partial charge in [-0.1, -0.05) is 29.8 Å². The van der Waals surface area contributed by atoms with Crippen LogP contribution >= 0.6 is 11.6 Å². The average Bonchev–Trinajstić information content (AvgIpc) is 2.37. The summed E-state index contributed by atoms with van der Waals surface area (Å²) in [4.78, 5) is -0.334. The van der Waals surface area contributed by atoms with E-state index < -0.39 is 20.0 Å². The molecule has 2 aromatic rings. The first-order valence-electron chi connectivity index (χ1n) is 5.81. The van der Waals surface area contributed by atoms with Crippen molar-refractivity contribution in [1.82, 2.24) is 4.13 Å². The molecule has 0 spiro atoms. The fraction of sp³-hybridized carbons (Fsp3) is 0.0769. The van der Waals surface area contributed by atoms with E-state index >= 15 is 0 Å². The third-order valence-electron chi connectivity index (χ3n) is 2.63. The van der Waals surface area contributed by atoms with E-state index in [2.05, 4.69) is 0 Å². The molecule has 2 aromatic carbocycles. The molecule has 2 rings (SSSR count). The molecule has 0 saturated carbocycles. The highest BCUT2D eigenvalue weighted by atomic mass is 35.5. The summed E-state index contributed by atoms with van der Waals surface area (Å²) in [6.07, 6.45) is 0. The van der Waals surface area contributed by atoms with Gasteiger partial charge in [0.25, 0.3) is 20.0 Å². The molecular formula is C13H12ClNO4S2. The first-order valence-corrected chi connectivity index (χ1v) is 9.16. The lowest BCUT2D eigenvalue weighted by molar-refractivity contribution is 0.577. The zero-order chi connectivity index (χ0) is 15.7. The number of aryl methyl sites for hydroxylation is 1. The third-order valence-corrected chi connectivity index (χ3v) is 6.37. The van der Waals surface area contributed by atoms with E-state index in [4.69, 9.17) is 11.6 Å². The first-order chi connectivity index (χ1) is 9.71. The predicted octanol–water partition coefficient (Wildman–Crippen LogP) is 2.32.